The van der Waals surface area contributed by atoms with Crippen LogP contribution >= 0.6 is 0 Å². The highest BCUT2D eigenvalue weighted by Crippen LogP contribution is 2.37. The van der Waals surface area contributed by atoms with E-state index in [1.54, 1.807) is 12.1 Å². The third-order valence-electron chi connectivity index (χ3n) is 7.14. The Hall–Kier alpha value is -1.99. The van der Waals surface area contributed by atoms with E-state index in [2.05, 4.69) is 29.0 Å². The summed E-state index contributed by atoms with van der Waals surface area (Å²) in [5.41, 5.74) is -0.0765. The van der Waals surface area contributed by atoms with Gasteiger partial charge in [0.05, 0.1) is 0 Å². The average Bonchev–Trinajstić information content (AvgIpc) is 3.00. The Morgan fingerprint density at radius 2 is 1.84 bits per heavy atom. The number of hydrogen-bond donors (Lipinski definition) is 1. The number of amides is 3. The van der Waals surface area contributed by atoms with Crippen LogP contribution in [0.4, 0.5) is 9.18 Å². The number of benzene rings is 1. The zero-order valence-corrected chi connectivity index (χ0v) is 20.1. The average molecular weight is 447 g/mol. The quantitative estimate of drug-likeness (QED) is 0.560. The fourth-order valence-corrected chi connectivity index (χ4v) is 5.04. The molecule has 1 aromatic rings. The summed E-state index contributed by atoms with van der Waals surface area (Å²) in [5.74, 6) is 0.301. The minimum absolute atomic E-state index is 0.0658. The second-order valence-electron chi connectivity index (χ2n) is 9.91. The number of carbonyl (C=O) groups is 2. The maximum absolute atomic E-state index is 13.7. The number of carbonyl (C=O) groups excluding carboxylic acids is 2. The molecule has 0 radical (unpaired) electrons. The van der Waals surface area contributed by atoms with Crippen molar-refractivity contribution in [2.75, 3.05) is 46.8 Å². The molecule has 2 heterocycles. The van der Waals surface area contributed by atoms with Gasteiger partial charge in [0.2, 0.25) is 0 Å². The molecule has 2 aliphatic rings. The van der Waals surface area contributed by atoms with Gasteiger partial charge < -0.3 is 15.1 Å². The summed E-state index contributed by atoms with van der Waals surface area (Å²) in [7, 11) is 3.97. The highest BCUT2D eigenvalue weighted by atomic mass is 19.1. The second-order valence-corrected chi connectivity index (χ2v) is 9.91. The number of nitrogens with one attached hydrogen (secondary N) is 1. The third-order valence-corrected chi connectivity index (χ3v) is 7.14. The predicted octanol–water partition coefficient (Wildman–Crippen LogP) is 3.37. The largest absolute Gasteiger partial charge is 0.325 e. The van der Waals surface area contributed by atoms with Crippen LogP contribution in [0.15, 0.2) is 24.3 Å². The number of hydrogen-bond acceptors (Lipinski definition) is 4. The lowest BCUT2D eigenvalue weighted by Gasteiger charge is -2.41. The van der Waals surface area contributed by atoms with Gasteiger partial charge in [-0.1, -0.05) is 32.4 Å². The molecular weight excluding hydrogens is 407 g/mol. The topological polar surface area (TPSA) is 55.9 Å². The van der Waals surface area contributed by atoms with E-state index < -0.39 is 5.54 Å². The lowest BCUT2D eigenvalue weighted by molar-refractivity contribution is -0.134. The van der Waals surface area contributed by atoms with Crippen molar-refractivity contribution < 1.29 is 14.0 Å². The standard InChI is InChI=1S/C25H39FN4O2/c1-5-19(2)18-29-15-11-21(12-16-29)25(17-20-7-9-22(26)10-8-20)23(31)30(24(32)27-25)14-6-13-28(3)4/h7-10,19,21H,5-6,11-18H2,1-4H3,(H,27,32). The van der Waals surface area contributed by atoms with E-state index >= 15 is 0 Å². The molecule has 2 fully saturated rings. The summed E-state index contributed by atoms with van der Waals surface area (Å²) in [4.78, 5) is 32.6. The van der Waals surface area contributed by atoms with Crippen LogP contribution in [0.3, 0.4) is 0 Å². The molecule has 2 aliphatic heterocycles. The summed E-state index contributed by atoms with van der Waals surface area (Å²) in [5, 5.41) is 3.12. The van der Waals surface area contributed by atoms with Gasteiger partial charge in [-0.3, -0.25) is 9.69 Å². The van der Waals surface area contributed by atoms with Crippen molar-refractivity contribution in [1.82, 2.24) is 20.0 Å². The van der Waals surface area contributed by atoms with Gasteiger partial charge in [-0.15, -0.1) is 0 Å². The summed E-state index contributed by atoms with van der Waals surface area (Å²) >= 11 is 0. The number of nitrogens with zero attached hydrogens (tertiary/aromatic N) is 3. The molecule has 6 nitrogen and oxygen atoms in total. The number of halogens is 1. The number of urea groups is 1. The fourth-order valence-electron chi connectivity index (χ4n) is 5.04. The molecule has 32 heavy (non-hydrogen) atoms. The van der Waals surface area contributed by atoms with Gasteiger partial charge in [-0.05, 0) is 82.5 Å². The van der Waals surface area contributed by atoms with Crippen LogP contribution in [0, 0.1) is 17.7 Å². The Morgan fingerprint density at radius 1 is 1.19 bits per heavy atom. The molecule has 1 N–H and O–H groups in total. The Bertz CT molecular complexity index is 777. The minimum Gasteiger partial charge on any atom is -0.322 e. The minimum atomic E-state index is -0.949. The molecule has 0 aliphatic carbocycles. The first-order chi connectivity index (χ1) is 15.2. The molecule has 0 bridgehead atoms. The predicted molar refractivity (Wildman–Crippen MR) is 125 cm³/mol. The van der Waals surface area contributed by atoms with E-state index in [1.807, 2.05) is 14.1 Å². The van der Waals surface area contributed by atoms with Crippen LogP contribution in [0.25, 0.3) is 0 Å². The highest BCUT2D eigenvalue weighted by Gasteiger charge is 2.55. The van der Waals surface area contributed by atoms with Crippen molar-refractivity contribution in [3.8, 4) is 0 Å². The first-order valence-electron chi connectivity index (χ1n) is 12.0. The zero-order chi connectivity index (χ0) is 23.3. The summed E-state index contributed by atoms with van der Waals surface area (Å²) in [6.07, 6.45) is 4.04. The van der Waals surface area contributed by atoms with E-state index in [0.29, 0.717) is 18.9 Å². The van der Waals surface area contributed by atoms with Gasteiger partial charge in [-0.2, -0.15) is 0 Å². The van der Waals surface area contributed by atoms with Crippen molar-refractivity contribution in [1.29, 1.82) is 0 Å². The summed E-state index contributed by atoms with van der Waals surface area (Å²) in [6, 6.07) is 6.01. The van der Waals surface area contributed by atoms with E-state index in [0.717, 1.165) is 57.4 Å². The summed E-state index contributed by atoms with van der Waals surface area (Å²) < 4.78 is 13.5. The van der Waals surface area contributed by atoms with Crippen molar-refractivity contribution >= 4 is 11.9 Å². The second kappa shape index (κ2) is 10.8. The smallest absolute Gasteiger partial charge is 0.322 e. The van der Waals surface area contributed by atoms with Crippen LogP contribution in [-0.2, 0) is 11.2 Å². The van der Waals surface area contributed by atoms with Gasteiger partial charge in [0.25, 0.3) is 5.91 Å². The zero-order valence-electron chi connectivity index (χ0n) is 20.1. The molecule has 3 rings (SSSR count). The van der Waals surface area contributed by atoms with Crippen molar-refractivity contribution in [3.05, 3.63) is 35.6 Å². The number of piperidine rings is 1. The Labute approximate surface area is 192 Å². The van der Waals surface area contributed by atoms with Gasteiger partial charge >= 0.3 is 6.03 Å². The van der Waals surface area contributed by atoms with Crippen LogP contribution in [0.2, 0.25) is 0 Å². The van der Waals surface area contributed by atoms with E-state index in [9.17, 15) is 14.0 Å². The Balaban J connectivity index is 1.79. The van der Waals surface area contributed by atoms with Crippen molar-refractivity contribution in [2.24, 2.45) is 11.8 Å². The Morgan fingerprint density at radius 3 is 2.44 bits per heavy atom. The van der Waals surface area contributed by atoms with E-state index in [-0.39, 0.29) is 23.7 Å². The molecule has 0 aromatic heterocycles. The van der Waals surface area contributed by atoms with Crippen LogP contribution in [0.1, 0.15) is 45.1 Å². The van der Waals surface area contributed by atoms with Crippen LogP contribution in [-0.4, -0.2) is 79.0 Å². The van der Waals surface area contributed by atoms with Crippen molar-refractivity contribution in [3.63, 3.8) is 0 Å². The number of imide groups is 1. The summed E-state index contributed by atoms with van der Waals surface area (Å²) in [6.45, 7) is 8.66. The van der Waals surface area contributed by atoms with Gasteiger partial charge in [-0.25, -0.2) is 9.18 Å². The molecule has 2 unspecified atom stereocenters. The van der Waals surface area contributed by atoms with Crippen molar-refractivity contribution in [2.45, 2.75) is 51.5 Å². The molecule has 178 valence electrons. The Kier molecular flexibility index (Phi) is 8.28. The lowest BCUT2D eigenvalue weighted by Crippen LogP contribution is -2.57. The fraction of sp³-hybridized carbons (Fsp3) is 0.680. The molecule has 2 atom stereocenters. The third kappa shape index (κ3) is 5.67. The first kappa shape index (κ1) is 24.6. The molecule has 2 saturated heterocycles. The molecule has 0 spiro atoms. The monoisotopic (exact) mass is 446 g/mol. The normalized spacial score (nSPS) is 23.8. The maximum Gasteiger partial charge on any atom is 0.325 e. The number of likely N-dealkylation sites (tertiary alicyclic amines) is 1. The van der Waals surface area contributed by atoms with Gasteiger partial charge in [0.15, 0.2) is 0 Å². The van der Waals surface area contributed by atoms with E-state index in [1.165, 1.54) is 17.0 Å². The SMILES string of the molecule is CCC(C)CN1CCC(C2(Cc3ccc(F)cc3)NC(=O)N(CCCN(C)C)C2=O)CC1. The van der Waals surface area contributed by atoms with Gasteiger partial charge in [0.1, 0.15) is 11.4 Å². The lowest BCUT2D eigenvalue weighted by atomic mass is 9.73. The molecule has 1 aromatic carbocycles. The first-order valence-corrected chi connectivity index (χ1v) is 12.0. The molecular formula is C25H39FN4O2. The molecule has 3 amide bonds. The van der Waals surface area contributed by atoms with Crippen LogP contribution in [0.5, 0.6) is 0 Å². The number of rotatable bonds is 10. The van der Waals surface area contributed by atoms with E-state index in [4.69, 9.17) is 0 Å². The molecule has 0 saturated carbocycles. The maximum atomic E-state index is 13.7. The van der Waals surface area contributed by atoms with Crippen LogP contribution < -0.4 is 5.32 Å². The highest BCUT2D eigenvalue weighted by molar-refractivity contribution is 6.07. The molecule has 7 heteroatoms. The van der Waals surface area contributed by atoms with Gasteiger partial charge in [0, 0.05) is 19.5 Å².